The van der Waals surface area contributed by atoms with Crippen LogP contribution in [-0.2, 0) is 55.7 Å². The second-order valence-electron chi connectivity index (χ2n) is 46.9. The molecule has 0 radical (unpaired) electrons. The molecule has 16 rings (SSSR count). The SMILES string of the molecule is CN(Cc1ccccc1)C1CC[C@]1(C)[C@H]1CC[C@H]2[C@@H]3[C@H](OCCN)C[C@@H]4C[C@@H](OCCN)CC[C@]4(C)[C@H]3C[C@H](OCCN)[C@@]21C.CN(Cc1ccccc1)C1CC[C@]1(C)[C@H]1CC[C@H]2[C@@H]3[C@H](OCCN=[N+]=[N-])C[C@@H]4C[C@@H](OCCN=[N+]=[N-])CC[C@]4(C)[C@H]3C[C@H](OCCN=[N+]=[N-])[C@@]21C.C[C@H](CCCO)[C@H]1CC[C@H]2[C@@H]3[C@H](OCCN=[N+]=[N-])C[C@@H]4C[C@H](OCCN=[N+]=[N-])CC[C@]4(C)[C@H]3C[C@H](OCCN=[N+]=[N-])[C@]12C. The molecule has 2 unspecified atom stereocenters. The van der Waals surface area contributed by atoms with Crippen LogP contribution < -0.4 is 17.2 Å². The molecule has 139 heavy (non-hydrogen) atoms. The summed E-state index contributed by atoms with van der Waals surface area (Å²) >= 11 is 0. The van der Waals surface area contributed by atoms with Crippen molar-refractivity contribution < 1.29 is 47.7 Å². The van der Waals surface area contributed by atoms with Crippen LogP contribution in [0.1, 0.15) is 247 Å². The molecule has 0 spiro atoms. The smallest absolute Gasteiger partial charge is 0.0637 e. The summed E-state index contributed by atoms with van der Waals surface area (Å²) in [5, 5.41) is 32.1. The highest BCUT2D eigenvalue weighted by molar-refractivity contribution is 5.25. The highest BCUT2D eigenvalue weighted by Gasteiger charge is 2.74. The van der Waals surface area contributed by atoms with Gasteiger partial charge in [-0.05, 0) is 354 Å². The van der Waals surface area contributed by atoms with Crippen LogP contribution in [-0.4, -0.2) is 221 Å². The van der Waals surface area contributed by atoms with Crippen LogP contribution in [0.3, 0.4) is 0 Å². The zero-order chi connectivity index (χ0) is 98.8. The lowest BCUT2D eigenvalue weighted by Gasteiger charge is -2.66. The van der Waals surface area contributed by atoms with E-state index in [1.807, 2.05) is 0 Å². The number of hydrogen-bond donors (Lipinski definition) is 4. The molecule has 14 aliphatic carbocycles. The lowest BCUT2D eigenvalue weighted by atomic mass is 9.41. The van der Waals surface area contributed by atoms with Crippen molar-refractivity contribution in [3.63, 3.8) is 0 Å². The maximum absolute atomic E-state index is 9.57. The Labute approximate surface area is 828 Å². The van der Waals surface area contributed by atoms with Gasteiger partial charge in [0.1, 0.15) is 0 Å². The molecule has 14 aliphatic rings. The summed E-state index contributed by atoms with van der Waals surface area (Å²) in [4.78, 5) is 22.9. The Bertz CT molecular complexity index is 4530. The van der Waals surface area contributed by atoms with Gasteiger partial charge in [0.25, 0.3) is 0 Å². The lowest BCUT2D eigenvalue weighted by Crippen LogP contribution is -2.66. The number of hydrogen-bond acceptors (Lipinski definition) is 21. The van der Waals surface area contributed by atoms with Gasteiger partial charge in [-0.15, -0.1) is 0 Å². The molecule has 2 aromatic carbocycles. The van der Waals surface area contributed by atoms with Gasteiger partial charge in [0.2, 0.25) is 0 Å². The van der Waals surface area contributed by atoms with Gasteiger partial charge in [-0.1, -0.05) is 154 Å². The molecule has 33 heteroatoms. The molecule has 0 aliphatic heterocycles. The Balaban J connectivity index is 0.000000167. The van der Waals surface area contributed by atoms with Crippen LogP contribution in [0.15, 0.2) is 91.3 Å². The number of nitrogens with two attached hydrogens (primary N) is 3. The fourth-order valence-corrected chi connectivity index (χ4v) is 34.8. The fraction of sp³-hybridized carbons (Fsp3) is 0.887. The first-order valence-corrected chi connectivity index (χ1v) is 54.0. The molecule has 2 aromatic rings. The van der Waals surface area contributed by atoms with E-state index in [9.17, 15) is 5.11 Å². The molecular weight excluding hydrogens is 1760 g/mol. The standard InChI is InChI=1S/C38H58N10O3.C38H64N4O3.C30H51N9O4/c1-36-14-12-28(49-19-16-42-45-39)22-27(36)23-31(50-20-17-43-46-40)35-29-10-11-32(38(29,3)34(24-30(35)36)51-21-18-44-47-41)37(2)15-13-33(37)48(4)25-26-8-6-5-7-9-26;1-36-14-12-28(43-19-16-39)22-27(36)23-31(44-20-17-40)35-29-10-11-32(38(29,3)34(24-30(35)36)45-21-18-41)37(2)15-13-33(37)42(4)25-26-8-6-5-7-9-26;1-20(5-4-13-40)23-6-7-24-28-25(19-27(30(23,24)3)43-16-12-36-39-33)29(2)9-8-22(41-14-10-34-37-31)17-21(29)18-26(28)42-15-11-35-38-32/h5-9,27-35H,10-25H2,1-4H3;5-9,27-35H,10-25,39-41H2,1-4H3;20-28,40H,4-19H2,1-3H3/t2*27-,28-,29-,30-,31+,32+,33?,34-,35-,36-,37+,38-;20-,21+,22-,23-,24+,25+,26-,27+,28+,29+,30-/m001/s1. The van der Waals surface area contributed by atoms with Gasteiger partial charge in [0, 0.05) is 136 Å². The normalized spacial score (nSPS) is 40.9. The molecule has 14 saturated carbocycles. The minimum atomic E-state index is -0.0598. The predicted octanol–water partition coefficient (Wildman–Crippen LogP) is 21.8. The third kappa shape index (κ3) is 22.7. The summed E-state index contributed by atoms with van der Waals surface area (Å²) in [7, 11) is 4.66. The van der Waals surface area contributed by atoms with Crippen molar-refractivity contribution in [1.82, 2.24) is 9.80 Å². The van der Waals surface area contributed by atoms with Gasteiger partial charge in [0.05, 0.1) is 114 Å². The van der Waals surface area contributed by atoms with Crippen molar-refractivity contribution in [3.8, 4) is 0 Å². The number of benzene rings is 2. The topological polar surface area (TPSA) is 480 Å². The monoisotopic (exact) mass is 1930 g/mol. The first kappa shape index (κ1) is 108. The molecule has 14 fully saturated rings. The fourth-order valence-electron chi connectivity index (χ4n) is 34.8. The number of aliphatic hydroxyl groups is 1. The number of aliphatic hydroxyl groups excluding tert-OH is 1. The van der Waals surface area contributed by atoms with Crippen molar-refractivity contribution >= 4 is 0 Å². The van der Waals surface area contributed by atoms with Crippen LogP contribution >= 0.6 is 0 Å². The van der Waals surface area contributed by atoms with Crippen molar-refractivity contribution in [3.05, 3.63) is 134 Å². The molecule has 772 valence electrons. The molecular formula is C106H173N23O10. The third-order valence-corrected chi connectivity index (χ3v) is 41.2. The maximum Gasteiger partial charge on any atom is 0.0637 e. The zero-order valence-corrected chi connectivity index (χ0v) is 86.1. The van der Waals surface area contributed by atoms with Crippen molar-refractivity contribution in [2.45, 2.75) is 316 Å². The Morgan fingerprint density at radius 1 is 0.360 bits per heavy atom. The second-order valence-corrected chi connectivity index (χ2v) is 46.9. The highest BCUT2D eigenvalue weighted by Crippen LogP contribution is 2.76. The average Bonchev–Trinajstić information content (AvgIpc) is 1.58. The van der Waals surface area contributed by atoms with E-state index in [4.69, 9.17) is 93.0 Å². The summed E-state index contributed by atoms with van der Waals surface area (Å²) < 4.78 is 59.6. The van der Waals surface area contributed by atoms with Gasteiger partial charge in [-0.3, -0.25) is 9.80 Å². The van der Waals surface area contributed by atoms with E-state index in [1.165, 1.54) is 62.5 Å². The molecule has 33 nitrogen and oxygen atoms in total. The molecule has 0 bridgehead atoms. The lowest BCUT2D eigenvalue weighted by molar-refractivity contribution is -0.237. The van der Waals surface area contributed by atoms with Crippen molar-refractivity contribution in [2.24, 2.45) is 186 Å². The Hall–Kier alpha value is -6.30. The van der Waals surface area contributed by atoms with Gasteiger partial charge in [-0.2, -0.15) is 0 Å². The molecule has 0 heterocycles. The Morgan fingerprint density at radius 3 is 1.01 bits per heavy atom. The number of fused-ring (bicyclic) bond motifs is 15. The van der Waals surface area contributed by atoms with E-state index >= 15 is 0 Å². The number of nitrogens with zero attached hydrogens (tertiary/aromatic N) is 20. The van der Waals surface area contributed by atoms with E-state index in [0.29, 0.717) is 231 Å². The average molecular weight is 1930 g/mol. The number of rotatable bonds is 45. The first-order valence-electron chi connectivity index (χ1n) is 54.0. The Morgan fingerprint density at radius 2 is 0.662 bits per heavy atom. The first-order chi connectivity index (χ1) is 67.2. The summed E-state index contributed by atoms with van der Waals surface area (Å²) in [6, 6.07) is 22.9. The minimum absolute atomic E-state index is 0.0500. The van der Waals surface area contributed by atoms with E-state index in [1.54, 1.807) is 0 Å². The van der Waals surface area contributed by atoms with Gasteiger partial charge < -0.3 is 64.9 Å². The molecule has 0 aromatic heterocycles. The zero-order valence-electron chi connectivity index (χ0n) is 86.1. The molecule has 35 atom stereocenters. The minimum Gasteiger partial charge on any atom is -0.396 e. The van der Waals surface area contributed by atoms with E-state index in [2.05, 4.69) is 207 Å². The highest BCUT2D eigenvalue weighted by atomic mass is 16.5. The van der Waals surface area contributed by atoms with Gasteiger partial charge in [-0.25, -0.2) is 0 Å². The van der Waals surface area contributed by atoms with Crippen LogP contribution in [0.4, 0.5) is 0 Å². The predicted molar refractivity (Wildman–Crippen MR) is 540 cm³/mol. The third-order valence-electron chi connectivity index (χ3n) is 41.2. The largest absolute Gasteiger partial charge is 0.396 e. The number of azide groups is 6. The van der Waals surface area contributed by atoms with E-state index in [0.717, 1.165) is 135 Å². The molecule has 0 amide bonds. The quantitative estimate of drug-likeness (QED) is 0.0207. The maximum atomic E-state index is 9.57. The second kappa shape index (κ2) is 49.3. The molecule has 7 N–H and O–H groups in total. The van der Waals surface area contributed by atoms with Crippen LogP contribution in [0.2, 0.25) is 0 Å². The number of ether oxygens (including phenoxy) is 9. The summed E-state index contributed by atoms with van der Waals surface area (Å²) in [6.07, 6.45) is 31.0. The van der Waals surface area contributed by atoms with Gasteiger partial charge in [0.15, 0.2) is 0 Å². The summed E-state index contributed by atoms with van der Waals surface area (Å²) in [5.41, 5.74) is 74.8. The summed E-state index contributed by atoms with van der Waals surface area (Å²) in [6.45, 7) is 33.2. The van der Waals surface area contributed by atoms with E-state index < -0.39 is 0 Å². The summed E-state index contributed by atoms with van der Waals surface area (Å²) in [5.74, 6) is 7.68. The van der Waals surface area contributed by atoms with Crippen LogP contribution in [0, 0.1) is 138 Å². The van der Waals surface area contributed by atoms with Crippen molar-refractivity contribution in [1.29, 1.82) is 0 Å². The van der Waals surface area contributed by atoms with Gasteiger partial charge >= 0.3 is 0 Å². The van der Waals surface area contributed by atoms with E-state index in [-0.39, 0.29) is 98.8 Å². The van der Waals surface area contributed by atoms with Crippen molar-refractivity contribution in [2.75, 3.05) is 139 Å². The van der Waals surface area contributed by atoms with Crippen LogP contribution in [0.5, 0.6) is 0 Å². The Kier molecular flexibility index (Phi) is 38.4. The van der Waals surface area contributed by atoms with Crippen LogP contribution in [0.25, 0.3) is 62.7 Å². The molecule has 0 saturated heterocycles.